The summed E-state index contributed by atoms with van der Waals surface area (Å²) in [6, 6.07) is 10.0. The van der Waals surface area contributed by atoms with Crippen LogP contribution in [0.1, 0.15) is 83.3 Å². The first-order valence-corrected chi connectivity index (χ1v) is 20.0. The molecule has 52 heavy (non-hydrogen) atoms. The fourth-order valence-electron chi connectivity index (χ4n) is 8.21. The third-order valence-corrected chi connectivity index (χ3v) is 12.4. The van der Waals surface area contributed by atoms with E-state index in [9.17, 15) is 27.6 Å². The van der Waals surface area contributed by atoms with Crippen LogP contribution in [0.3, 0.4) is 0 Å². The summed E-state index contributed by atoms with van der Waals surface area (Å²) in [5, 5.41) is 8.09. The van der Waals surface area contributed by atoms with E-state index in [2.05, 4.69) is 55.8 Å². The van der Waals surface area contributed by atoms with E-state index in [4.69, 9.17) is 4.74 Å². The van der Waals surface area contributed by atoms with Gasteiger partial charge in [0.2, 0.25) is 11.8 Å². The number of alkyl carbamates (subject to hydrolysis) is 1. The fraction of sp³-hybridized carbons (Fsp3) is 0.579. The molecule has 4 amide bonds. The molecule has 4 N–H and O–H groups in total. The van der Waals surface area contributed by atoms with Gasteiger partial charge in [-0.2, -0.15) is 13.1 Å². The van der Waals surface area contributed by atoms with Crippen LogP contribution in [0.15, 0.2) is 49.1 Å². The minimum atomic E-state index is -4.14. The standard InChI is InChI=1S/C38H50N6O7S/c1-5-26-19-38(26,35(47)42-52(49,50)41-27-16-17-27)40-33(45)30-18-28(43-20-24-12-8-10-23-11-9-13-25(21-43)31(23)24)22-44(30)34(46)32(37(2,3)4)39-36(48)51-29-14-6-7-15-29/h5,8-13,26-30,32,41H,1,6-7,14-22H2,2-4H3,(H,39,48)(H,40,45)(H,42,47)/t26-,28-,30+,32-,38-/m1/s1. The average molecular weight is 735 g/mol. The van der Waals surface area contributed by atoms with Crippen molar-refractivity contribution >= 4 is 44.8 Å². The van der Waals surface area contributed by atoms with E-state index in [1.807, 2.05) is 32.9 Å². The van der Waals surface area contributed by atoms with Crippen molar-refractivity contribution in [1.82, 2.24) is 29.9 Å². The lowest BCUT2D eigenvalue weighted by molar-refractivity contribution is -0.142. The molecule has 2 heterocycles. The van der Waals surface area contributed by atoms with Crippen molar-refractivity contribution < 1.29 is 32.3 Å². The molecule has 14 heteroatoms. The second kappa shape index (κ2) is 13.8. The van der Waals surface area contributed by atoms with Gasteiger partial charge in [-0.15, -0.1) is 6.58 Å². The summed E-state index contributed by atoms with van der Waals surface area (Å²) < 4.78 is 35.6. The van der Waals surface area contributed by atoms with Crippen LogP contribution < -0.4 is 20.1 Å². The lowest BCUT2D eigenvalue weighted by Gasteiger charge is -2.36. The molecule has 4 fully saturated rings. The maximum atomic E-state index is 14.7. The number of carbonyl (C=O) groups excluding carboxylic acids is 4. The first-order chi connectivity index (χ1) is 24.7. The highest BCUT2D eigenvalue weighted by atomic mass is 32.2. The molecule has 2 aliphatic heterocycles. The zero-order valence-electron chi connectivity index (χ0n) is 30.2. The number of rotatable bonds is 11. The van der Waals surface area contributed by atoms with Gasteiger partial charge in [0.15, 0.2) is 0 Å². The van der Waals surface area contributed by atoms with Gasteiger partial charge in [-0.05, 0) is 78.7 Å². The van der Waals surface area contributed by atoms with Crippen LogP contribution in [-0.4, -0.2) is 84.4 Å². The number of ether oxygens (including phenoxy) is 1. The summed E-state index contributed by atoms with van der Waals surface area (Å²) in [6.07, 6.45) is 6.03. The molecule has 5 atom stereocenters. The van der Waals surface area contributed by atoms with Crippen molar-refractivity contribution in [3.8, 4) is 0 Å². The van der Waals surface area contributed by atoms with Crippen LogP contribution in [0.2, 0.25) is 0 Å². The Kier molecular flexibility index (Phi) is 9.62. The van der Waals surface area contributed by atoms with Crippen LogP contribution >= 0.6 is 0 Å². The lowest BCUT2D eigenvalue weighted by Crippen LogP contribution is -2.60. The van der Waals surface area contributed by atoms with Gasteiger partial charge in [-0.1, -0.05) is 63.2 Å². The molecule has 0 unspecified atom stereocenters. The van der Waals surface area contributed by atoms with E-state index >= 15 is 0 Å². The Morgan fingerprint density at radius 1 is 1.00 bits per heavy atom. The Morgan fingerprint density at radius 2 is 1.65 bits per heavy atom. The molecule has 5 aliphatic rings. The van der Waals surface area contributed by atoms with Crippen molar-refractivity contribution in [3.05, 3.63) is 60.2 Å². The quantitative estimate of drug-likeness (QED) is 0.255. The van der Waals surface area contributed by atoms with Gasteiger partial charge in [-0.3, -0.25) is 19.3 Å². The first kappa shape index (κ1) is 36.4. The second-order valence-electron chi connectivity index (χ2n) is 16.3. The summed E-state index contributed by atoms with van der Waals surface area (Å²) >= 11 is 0. The van der Waals surface area contributed by atoms with Crippen LogP contribution in [0.5, 0.6) is 0 Å². The molecule has 1 saturated heterocycles. The Morgan fingerprint density at radius 3 is 2.23 bits per heavy atom. The molecular formula is C38H50N6O7S. The number of amides is 4. The Hall–Kier alpha value is -4.01. The summed E-state index contributed by atoms with van der Waals surface area (Å²) in [7, 11) is -4.14. The highest BCUT2D eigenvalue weighted by molar-refractivity contribution is 7.88. The summed E-state index contributed by atoms with van der Waals surface area (Å²) in [5.41, 5.74) is 0.0603. The highest BCUT2D eigenvalue weighted by Crippen LogP contribution is 2.45. The van der Waals surface area contributed by atoms with E-state index in [1.54, 1.807) is 0 Å². The Balaban J connectivity index is 1.15. The molecule has 7 rings (SSSR count). The normalized spacial score (nSPS) is 26.8. The third-order valence-electron chi connectivity index (χ3n) is 11.3. The van der Waals surface area contributed by atoms with Crippen molar-refractivity contribution in [2.45, 2.75) is 121 Å². The van der Waals surface area contributed by atoms with E-state index < -0.39 is 63.0 Å². The zero-order chi connectivity index (χ0) is 37.0. The Labute approximate surface area is 305 Å². The van der Waals surface area contributed by atoms with Gasteiger partial charge in [0, 0.05) is 37.6 Å². The van der Waals surface area contributed by atoms with E-state index in [-0.39, 0.29) is 37.6 Å². The number of benzene rings is 2. The molecule has 2 aromatic carbocycles. The molecule has 3 saturated carbocycles. The summed E-state index contributed by atoms with van der Waals surface area (Å²) in [5.74, 6) is -2.34. The first-order valence-electron chi connectivity index (χ1n) is 18.5. The van der Waals surface area contributed by atoms with Crippen LogP contribution in [0.4, 0.5) is 4.79 Å². The highest BCUT2D eigenvalue weighted by Gasteiger charge is 2.61. The zero-order valence-corrected chi connectivity index (χ0v) is 31.0. The van der Waals surface area contributed by atoms with Gasteiger partial charge in [0.25, 0.3) is 5.91 Å². The smallest absolute Gasteiger partial charge is 0.408 e. The number of nitrogens with one attached hydrogen (secondary N) is 4. The van der Waals surface area contributed by atoms with Gasteiger partial charge < -0.3 is 20.3 Å². The van der Waals surface area contributed by atoms with Gasteiger partial charge in [-0.25, -0.2) is 9.52 Å². The lowest BCUT2D eigenvalue weighted by atomic mass is 9.85. The maximum absolute atomic E-state index is 14.7. The van der Waals surface area contributed by atoms with E-state index in [0.717, 1.165) is 42.2 Å². The molecule has 3 aliphatic carbocycles. The monoisotopic (exact) mass is 734 g/mol. The predicted octanol–water partition coefficient (Wildman–Crippen LogP) is 3.38. The van der Waals surface area contributed by atoms with E-state index in [1.165, 1.54) is 16.4 Å². The number of hydrogen-bond acceptors (Lipinski definition) is 8. The topological polar surface area (TPSA) is 166 Å². The minimum Gasteiger partial charge on any atom is -0.446 e. The molecular weight excluding hydrogens is 685 g/mol. The molecule has 13 nitrogen and oxygen atoms in total. The molecule has 0 radical (unpaired) electrons. The largest absolute Gasteiger partial charge is 0.446 e. The average Bonchev–Trinajstić information content (AvgIpc) is 3.90. The molecule has 0 bridgehead atoms. The number of carbonyl (C=O) groups is 4. The van der Waals surface area contributed by atoms with Gasteiger partial charge in [0.1, 0.15) is 23.7 Å². The second-order valence-corrected chi connectivity index (χ2v) is 17.8. The summed E-state index contributed by atoms with van der Waals surface area (Å²) in [4.78, 5) is 59.6. The molecule has 0 aromatic heterocycles. The van der Waals surface area contributed by atoms with E-state index in [0.29, 0.717) is 25.9 Å². The number of likely N-dealkylation sites (tertiary alicyclic amines) is 1. The predicted molar refractivity (Wildman–Crippen MR) is 195 cm³/mol. The minimum absolute atomic E-state index is 0.170. The molecule has 2 aromatic rings. The number of nitrogens with zero attached hydrogens (tertiary/aromatic N) is 2. The van der Waals surface area contributed by atoms with Gasteiger partial charge >= 0.3 is 16.3 Å². The summed E-state index contributed by atoms with van der Waals surface area (Å²) in [6.45, 7) is 10.8. The SMILES string of the molecule is C=C[C@@H]1C[C@]1(NC(=O)[C@@H]1C[C@@H](N2Cc3cccc4cccc(c34)C2)CN1C(=O)[C@@H](NC(=O)OC1CCCC1)C(C)(C)C)C(=O)NS(=O)(=O)NC1CC1. The van der Waals surface area contributed by atoms with Crippen LogP contribution in [-0.2, 0) is 42.4 Å². The van der Waals surface area contributed by atoms with Crippen molar-refractivity contribution in [3.63, 3.8) is 0 Å². The van der Waals surface area contributed by atoms with Crippen molar-refractivity contribution in [1.29, 1.82) is 0 Å². The maximum Gasteiger partial charge on any atom is 0.408 e. The number of hydrogen-bond donors (Lipinski definition) is 4. The molecule has 280 valence electrons. The third kappa shape index (κ3) is 7.42. The molecule has 0 spiro atoms. The van der Waals surface area contributed by atoms with Crippen molar-refractivity contribution in [2.24, 2.45) is 11.3 Å². The van der Waals surface area contributed by atoms with Gasteiger partial charge in [0.05, 0.1) is 0 Å². The van der Waals surface area contributed by atoms with Crippen molar-refractivity contribution in [2.75, 3.05) is 6.54 Å². The van der Waals surface area contributed by atoms with Crippen LogP contribution in [0.25, 0.3) is 10.8 Å². The van der Waals surface area contributed by atoms with Crippen LogP contribution in [0, 0.1) is 11.3 Å². The Bertz CT molecular complexity index is 1840. The fourth-order valence-corrected chi connectivity index (χ4v) is 9.37.